The molecular formula is C11H11BrF3NO. The summed E-state index contributed by atoms with van der Waals surface area (Å²) in [5.74, 6) is -0.487. The van der Waals surface area contributed by atoms with Gasteiger partial charge in [0, 0.05) is 11.4 Å². The first-order valence-corrected chi connectivity index (χ1v) is 5.66. The van der Waals surface area contributed by atoms with Gasteiger partial charge < -0.3 is 5.32 Å². The molecule has 0 aliphatic heterocycles. The second-order valence-electron chi connectivity index (χ2n) is 3.63. The molecule has 0 aromatic heterocycles. The molecular weight excluding hydrogens is 299 g/mol. The third kappa shape index (κ3) is 5.21. The van der Waals surface area contributed by atoms with E-state index in [2.05, 4.69) is 21.2 Å². The normalized spacial score (nSPS) is 13.2. The highest BCUT2D eigenvalue weighted by Crippen LogP contribution is 2.30. The van der Waals surface area contributed by atoms with E-state index >= 15 is 0 Å². The standard InChI is InChI=1S/C11H11BrF3NO/c1-7(17)16-10(6-11(13,14)15)8-3-2-4-9(12)5-8/h2-5,10H,6H2,1H3,(H,16,17). The highest BCUT2D eigenvalue weighted by Gasteiger charge is 2.33. The number of hydrogen-bond acceptors (Lipinski definition) is 1. The number of halogens is 4. The molecule has 0 radical (unpaired) electrons. The number of alkyl halides is 3. The molecule has 1 unspecified atom stereocenters. The van der Waals surface area contributed by atoms with E-state index in [4.69, 9.17) is 0 Å². The monoisotopic (exact) mass is 309 g/mol. The molecule has 2 nitrogen and oxygen atoms in total. The highest BCUT2D eigenvalue weighted by atomic mass is 79.9. The molecule has 0 bridgehead atoms. The summed E-state index contributed by atoms with van der Waals surface area (Å²) in [6, 6.07) is 5.40. The minimum atomic E-state index is -4.32. The average molecular weight is 310 g/mol. The molecule has 1 aromatic rings. The maximum absolute atomic E-state index is 12.4. The van der Waals surface area contributed by atoms with Gasteiger partial charge in [-0.3, -0.25) is 4.79 Å². The molecule has 0 heterocycles. The first kappa shape index (κ1) is 14.0. The molecule has 0 spiro atoms. The topological polar surface area (TPSA) is 29.1 Å². The largest absolute Gasteiger partial charge is 0.391 e. The first-order chi connectivity index (χ1) is 7.78. The lowest BCUT2D eigenvalue weighted by Crippen LogP contribution is -2.30. The second-order valence-corrected chi connectivity index (χ2v) is 4.54. The number of nitrogens with one attached hydrogen (secondary N) is 1. The number of benzene rings is 1. The third-order valence-electron chi connectivity index (χ3n) is 2.06. The number of hydrogen-bond donors (Lipinski definition) is 1. The van der Waals surface area contributed by atoms with E-state index in [1.54, 1.807) is 24.3 Å². The zero-order valence-corrected chi connectivity index (χ0v) is 10.6. The van der Waals surface area contributed by atoms with Crippen LogP contribution in [0.5, 0.6) is 0 Å². The highest BCUT2D eigenvalue weighted by molar-refractivity contribution is 9.10. The van der Waals surface area contributed by atoms with Crippen LogP contribution in [0.25, 0.3) is 0 Å². The van der Waals surface area contributed by atoms with Crippen molar-refractivity contribution in [3.63, 3.8) is 0 Å². The summed E-state index contributed by atoms with van der Waals surface area (Å²) in [5.41, 5.74) is 0.423. The fraction of sp³-hybridized carbons (Fsp3) is 0.364. The zero-order valence-electron chi connectivity index (χ0n) is 9.01. The smallest absolute Gasteiger partial charge is 0.349 e. The van der Waals surface area contributed by atoms with Crippen molar-refractivity contribution in [2.45, 2.75) is 25.6 Å². The van der Waals surface area contributed by atoms with Gasteiger partial charge >= 0.3 is 6.18 Å². The van der Waals surface area contributed by atoms with E-state index in [0.717, 1.165) is 0 Å². The molecule has 1 aromatic carbocycles. The summed E-state index contributed by atoms with van der Waals surface area (Å²) in [4.78, 5) is 10.9. The van der Waals surface area contributed by atoms with Gasteiger partial charge in [0.15, 0.2) is 0 Å². The minimum Gasteiger partial charge on any atom is -0.349 e. The summed E-state index contributed by atoms with van der Waals surface area (Å²) >= 11 is 3.18. The predicted octanol–water partition coefficient (Wildman–Crippen LogP) is 3.58. The molecule has 0 saturated heterocycles. The summed E-state index contributed by atoms with van der Waals surface area (Å²) in [6.45, 7) is 1.20. The summed E-state index contributed by atoms with van der Waals surface area (Å²) < 4.78 is 37.8. The van der Waals surface area contributed by atoms with E-state index < -0.39 is 24.5 Å². The summed E-state index contributed by atoms with van der Waals surface area (Å²) in [5, 5.41) is 2.30. The molecule has 1 atom stereocenters. The molecule has 94 valence electrons. The van der Waals surface area contributed by atoms with E-state index in [9.17, 15) is 18.0 Å². The summed E-state index contributed by atoms with van der Waals surface area (Å²) in [7, 11) is 0. The number of carbonyl (C=O) groups excluding carboxylic acids is 1. The Bertz CT molecular complexity index is 406. The van der Waals surface area contributed by atoms with Crippen LogP contribution in [0.15, 0.2) is 28.7 Å². The Labute approximate surface area is 105 Å². The second kappa shape index (κ2) is 5.53. The number of carbonyl (C=O) groups is 1. The zero-order chi connectivity index (χ0) is 13.1. The van der Waals surface area contributed by atoms with Crippen LogP contribution in [0.4, 0.5) is 13.2 Å². The fourth-order valence-corrected chi connectivity index (χ4v) is 1.87. The van der Waals surface area contributed by atoms with Crippen LogP contribution in [0, 0.1) is 0 Å². The van der Waals surface area contributed by atoms with Gasteiger partial charge in [-0.05, 0) is 17.7 Å². The Morgan fingerprint density at radius 2 is 2.12 bits per heavy atom. The van der Waals surface area contributed by atoms with Crippen LogP contribution in [0.3, 0.4) is 0 Å². The van der Waals surface area contributed by atoms with E-state index in [-0.39, 0.29) is 0 Å². The van der Waals surface area contributed by atoms with Gasteiger partial charge in [0.1, 0.15) is 0 Å². The van der Waals surface area contributed by atoms with Gasteiger partial charge in [0.2, 0.25) is 5.91 Å². The van der Waals surface area contributed by atoms with E-state index in [0.29, 0.717) is 10.0 Å². The molecule has 1 rings (SSSR count). The number of rotatable bonds is 3. The maximum atomic E-state index is 12.4. The predicted molar refractivity (Wildman–Crippen MR) is 61.4 cm³/mol. The van der Waals surface area contributed by atoms with Crippen LogP contribution in [0.2, 0.25) is 0 Å². The third-order valence-corrected chi connectivity index (χ3v) is 2.56. The maximum Gasteiger partial charge on any atom is 0.391 e. The Balaban J connectivity index is 2.93. The van der Waals surface area contributed by atoms with Gasteiger partial charge in [-0.15, -0.1) is 0 Å². The summed E-state index contributed by atoms with van der Waals surface area (Å²) in [6.07, 6.45) is -5.40. The van der Waals surface area contributed by atoms with Gasteiger partial charge in [0.25, 0.3) is 0 Å². The Kier molecular flexibility index (Phi) is 4.56. The SMILES string of the molecule is CC(=O)NC(CC(F)(F)F)c1cccc(Br)c1. The minimum absolute atomic E-state index is 0.423. The molecule has 0 aliphatic rings. The van der Waals surface area contributed by atoms with Crippen LogP contribution in [-0.2, 0) is 4.79 Å². The van der Waals surface area contributed by atoms with Gasteiger partial charge in [-0.1, -0.05) is 28.1 Å². The Morgan fingerprint density at radius 3 is 2.59 bits per heavy atom. The molecule has 1 amide bonds. The quantitative estimate of drug-likeness (QED) is 0.908. The average Bonchev–Trinajstić information content (AvgIpc) is 2.13. The van der Waals surface area contributed by atoms with Crippen molar-refractivity contribution in [3.05, 3.63) is 34.3 Å². The van der Waals surface area contributed by atoms with Crippen molar-refractivity contribution in [2.75, 3.05) is 0 Å². The van der Waals surface area contributed by atoms with E-state index in [1.807, 2.05) is 0 Å². The van der Waals surface area contributed by atoms with Gasteiger partial charge in [-0.2, -0.15) is 13.2 Å². The van der Waals surface area contributed by atoms with Crippen molar-refractivity contribution in [1.29, 1.82) is 0 Å². The fourth-order valence-electron chi connectivity index (χ4n) is 1.45. The van der Waals surface area contributed by atoms with Crippen LogP contribution >= 0.6 is 15.9 Å². The van der Waals surface area contributed by atoms with Crippen molar-refractivity contribution >= 4 is 21.8 Å². The molecule has 0 saturated carbocycles. The van der Waals surface area contributed by atoms with Crippen LogP contribution in [0.1, 0.15) is 24.9 Å². The Morgan fingerprint density at radius 1 is 1.47 bits per heavy atom. The molecule has 0 aliphatic carbocycles. The Hall–Kier alpha value is -1.04. The lowest BCUT2D eigenvalue weighted by Gasteiger charge is -2.20. The molecule has 1 N–H and O–H groups in total. The van der Waals surface area contributed by atoms with Crippen molar-refractivity contribution in [1.82, 2.24) is 5.32 Å². The van der Waals surface area contributed by atoms with Crippen molar-refractivity contribution < 1.29 is 18.0 Å². The van der Waals surface area contributed by atoms with Crippen LogP contribution in [-0.4, -0.2) is 12.1 Å². The molecule has 17 heavy (non-hydrogen) atoms. The van der Waals surface area contributed by atoms with Gasteiger partial charge in [-0.25, -0.2) is 0 Å². The van der Waals surface area contributed by atoms with Crippen molar-refractivity contribution in [2.24, 2.45) is 0 Å². The van der Waals surface area contributed by atoms with Gasteiger partial charge in [0.05, 0.1) is 12.5 Å². The lowest BCUT2D eigenvalue weighted by atomic mass is 10.0. The van der Waals surface area contributed by atoms with E-state index in [1.165, 1.54) is 6.92 Å². The van der Waals surface area contributed by atoms with Crippen LogP contribution < -0.4 is 5.32 Å². The molecule has 6 heteroatoms. The lowest BCUT2D eigenvalue weighted by molar-refractivity contribution is -0.142. The van der Waals surface area contributed by atoms with Crippen molar-refractivity contribution in [3.8, 4) is 0 Å². The number of amides is 1. The first-order valence-electron chi connectivity index (χ1n) is 4.87. The molecule has 0 fully saturated rings.